The van der Waals surface area contributed by atoms with E-state index in [1.165, 1.54) is 0 Å². The van der Waals surface area contributed by atoms with Crippen LogP contribution in [0.25, 0.3) is 11.1 Å². The number of hydrogen-bond acceptors (Lipinski definition) is 4. The maximum atomic E-state index is 12.6. The lowest BCUT2D eigenvalue weighted by Gasteiger charge is -2.14. The summed E-state index contributed by atoms with van der Waals surface area (Å²) in [5.74, 6) is -0.0522. The summed E-state index contributed by atoms with van der Waals surface area (Å²) in [6.07, 6.45) is -0.573. The Morgan fingerprint density at radius 2 is 2.15 bits per heavy atom. The van der Waals surface area contributed by atoms with Gasteiger partial charge in [-0.1, -0.05) is 31.7 Å². The summed E-state index contributed by atoms with van der Waals surface area (Å²) in [5.41, 5.74) is 6.09. The van der Waals surface area contributed by atoms with Gasteiger partial charge in [-0.05, 0) is 40.5 Å². The van der Waals surface area contributed by atoms with E-state index in [-0.39, 0.29) is 18.4 Å². The van der Waals surface area contributed by atoms with Crippen molar-refractivity contribution in [3.05, 3.63) is 65.2 Å². The number of fused-ring (bicyclic) bond motifs is 2. The summed E-state index contributed by atoms with van der Waals surface area (Å²) in [6.45, 7) is 6.39. The van der Waals surface area contributed by atoms with Crippen molar-refractivity contribution in [2.45, 2.75) is 25.6 Å². The van der Waals surface area contributed by atoms with Gasteiger partial charge in [-0.15, -0.1) is 0 Å². The van der Waals surface area contributed by atoms with Crippen LogP contribution in [0, 0.1) is 11.3 Å². The maximum absolute atomic E-state index is 12.6. The first-order valence-electron chi connectivity index (χ1n) is 8.57. The third-order valence-corrected chi connectivity index (χ3v) is 5.21. The molecule has 0 spiro atoms. The van der Waals surface area contributed by atoms with E-state index in [0.29, 0.717) is 17.7 Å². The number of aliphatic hydroxyl groups excluding tert-OH is 1. The first-order chi connectivity index (χ1) is 12.5. The molecule has 0 aromatic heterocycles. The summed E-state index contributed by atoms with van der Waals surface area (Å²) in [7, 11) is 0. The number of hydrogen-bond donors (Lipinski definition) is 2. The number of aliphatic hydroxyl groups is 1. The first-order valence-corrected chi connectivity index (χ1v) is 8.57. The number of carbonyl (C=O) groups excluding carboxylic acids is 1. The van der Waals surface area contributed by atoms with Crippen LogP contribution in [0.4, 0.5) is 5.69 Å². The summed E-state index contributed by atoms with van der Waals surface area (Å²) >= 11 is 0. The van der Waals surface area contributed by atoms with E-state index in [1.807, 2.05) is 43.3 Å². The molecule has 2 aromatic rings. The topological polar surface area (TPSA) is 76.4 Å². The fraction of sp³-hybridized carbons (Fsp3) is 0.238. The van der Waals surface area contributed by atoms with Crippen LogP contribution in [0.2, 0.25) is 0 Å². The van der Waals surface area contributed by atoms with Crippen LogP contribution in [-0.4, -0.2) is 28.7 Å². The molecule has 0 fully saturated rings. The SMILES string of the molecule is C=C(C#N)CN1Cc2c(cccc2-c2ccc3c(c2)C(C)C(O)N3)C1=O. The van der Waals surface area contributed by atoms with Gasteiger partial charge in [-0.2, -0.15) is 5.26 Å². The van der Waals surface area contributed by atoms with Crippen LogP contribution < -0.4 is 5.32 Å². The van der Waals surface area contributed by atoms with Crippen LogP contribution >= 0.6 is 0 Å². The second-order valence-corrected chi connectivity index (χ2v) is 6.89. The highest BCUT2D eigenvalue weighted by molar-refractivity contribution is 6.00. The fourth-order valence-corrected chi connectivity index (χ4v) is 3.75. The molecule has 2 N–H and O–H groups in total. The van der Waals surface area contributed by atoms with Crippen molar-refractivity contribution in [2.24, 2.45) is 0 Å². The zero-order valence-electron chi connectivity index (χ0n) is 14.5. The summed E-state index contributed by atoms with van der Waals surface area (Å²) in [6, 6.07) is 13.8. The molecule has 0 radical (unpaired) electrons. The number of amides is 1. The summed E-state index contributed by atoms with van der Waals surface area (Å²) in [5, 5.41) is 22.0. The van der Waals surface area contributed by atoms with Gasteiger partial charge in [0, 0.05) is 29.3 Å². The summed E-state index contributed by atoms with van der Waals surface area (Å²) < 4.78 is 0. The average Bonchev–Trinajstić information content (AvgIpc) is 3.11. The zero-order valence-corrected chi connectivity index (χ0v) is 14.5. The molecular weight excluding hydrogens is 326 g/mol. The molecule has 2 atom stereocenters. The number of carbonyl (C=O) groups is 1. The minimum atomic E-state index is -0.573. The lowest BCUT2D eigenvalue weighted by atomic mass is 9.93. The largest absolute Gasteiger partial charge is 0.373 e. The average molecular weight is 345 g/mol. The third kappa shape index (κ3) is 2.47. The predicted octanol–water partition coefficient (Wildman–Crippen LogP) is 3.24. The number of benzene rings is 2. The molecule has 0 saturated carbocycles. The van der Waals surface area contributed by atoms with Crippen molar-refractivity contribution < 1.29 is 9.90 Å². The van der Waals surface area contributed by atoms with Crippen molar-refractivity contribution >= 4 is 11.6 Å². The molecule has 2 aliphatic rings. The molecule has 1 amide bonds. The number of nitriles is 1. The molecule has 0 bridgehead atoms. The van der Waals surface area contributed by atoms with E-state index < -0.39 is 6.23 Å². The van der Waals surface area contributed by atoms with Gasteiger partial charge in [0.15, 0.2) is 0 Å². The molecule has 2 aromatic carbocycles. The third-order valence-electron chi connectivity index (χ3n) is 5.21. The Kier molecular flexibility index (Phi) is 3.78. The van der Waals surface area contributed by atoms with E-state index >= 15 is 0 Å². The van der Waals surface area contributed by atoms with Gasteiger partial charge in [0.2, 0.25) is 0 Å². The predicted molar refractivity (Wildman–Crippen MR) is 99.4 cm³/mol. The van der Waals surface area contributed by atoms with Crippen LogP contribution in [0.15, 0.2) is 48.6 Å². The second-order valence-electron chi connectivity index (χ2n) is 6.89. The van der Waals surface area contributed by atoms with Crippen molar-refractivity contribution in [2.75, 3.05) is 11.9 Å². The Bertz CT molecular complexity index is 974. The molecule has 0 saturated heterocycles. The van der Waals surface area contributed by atoms with E-state index in [1.54, 1.807) is 4.90 Å². The van der Waals surface area contributed by atoms with Gasteiger partial charge in [-0.25, -0.2) is 0 Å². The number of nitrogens with one attached hydrogen (secondary N) is 1. The van der Waals surface area contributed by atoms with Gasteiger partial charge >= 0.3 is 0 Å². The Labute approximate surface area is 152 Å². The smallest absolute Gasteiger partial charge is 0.254 e. The van der Waals surface area contributed by atoms with Gasteiger partial charge in [0.25, 0.3) is 5.91 Å². The number of anilines is 1. The fourth-order valence-electron chi connectivity index (χ4n) is 3.75. The molecule has 26 heavy (non-hydrogen) atoms. The lowest BCUT2D eigenvalue weighted by Crippen LogP contribution is -2.25. The van der Waals surface area contributed by atoms with Gasteiger partial charge < -0.3 is 15.3 Å². The minimum Gasteiger partial charge on any atom is -0.373 e. The van der Waals surface area contributed by atoms with E-state index in [4.69, 9.17) is 5.26 Å². The second kappa shape index (κ2) is 6.01. The Balaban J connectivity index is 1.73. The molecule has 2 heterocycles. The van der Waals surface area contributed by atoms with Crippen molar-refractivity contribution in [1.82, 2.24) is 4.90 Å². The molecule has 0 aliphatic carbocycles. The van der Waals surface area contributed by atoms with Gasteiger partial charge in [0.1, 0.15) is 6.23 Å². The monoisotopic (exact) mass is 345 g/mol. The molecular formula is C21H19N3O2. The quantitative estimate of drug-likeness (QED) is 0.838. The normalized spacial score (nSPS) is 20.3. The standard InChI is InChI=1S/C21H19N3O2/c1-12(9-22)10-24-11-18-15(4-3-5-16(18)21(24)26)14-6-7-19-17(8-14)13(2)20(25)23-19/h3-8,13,20,23,25H,1,10-11H2,2H3. The van der Waals surface area contributed by atoms with Crippen LogP contribution in [0.5, 0.6) is 0 Å². The van der Waals surface area contributed by atoms with E-state index in [2.05, 4.69) is 18.0 Å². The molecule has 2 unspecified atom stereocenters. The Morgan fingerprint density at radius 3 is 2.92 bits per heavy atom. The van der Waals surface area contributed by atoms with Crippen molar-refractivity contribution in [3.63, 3.8) is 0 Å². The molecule has 4 rings (SSSR count). The van der Waals surface area contributed by atoms with Gasteiger partial charge in [0.05, 0.1) is 12.6 Å². The van der Waals surface area contributed by atoms with Crippen molar-refractivity contribution in [1.29, 1.82) is 5.26 Å². The highest BCUT2D eigenvalue weighted by atomic mass is 16.3. The maximum Gasteiger partial charge on any atom is 0.254 e. The van der Waals surface area contributed by atoms with Crippen molar-refractivity contribution in [3.8, 4) is 17.2 Å². The molecule has 2 aliphatic heterocycles. The highest BCUT2D eigenvalue weighted by Crippen LogP contribution is 2.39. The van der Waals surface area contributed by atoms with Crippen LogP contribution in [0.3, 0.4) is 0 Å². The zero-order chi connectivity index (χ0) is 18.4. The number of rotatable bonds is 3. The lowest BCUT2D eigenvalue weighted by molar-refractivity contribution is 0.0794. The van der Waals surface area contributed by atoms with Crippen LogP contribution in [0.1, 0.15) is 34.3 Å². The van der Waals surface area contributed by atoms with Gasteiger partial charge in [-0.3, -0.25) is 4.79 Å². The summed E-state index contributed by atoms with van der Waals surface area (Å²) in [4.78, 5) is 14.3. The minimum absolute atomic E-state index is 0.0128. The molecule has 5 nitrogen and oxygen atoms in total. The molecule has 5 heteroatoms. The highest BCUT2D eigenvalue weighted by Gasteiger charge is 2.31. The van der Waals surface area contributed by atoms with E-state index in [0.717, 1.165) is 27.9 Å². The van der Waals surface area contributed by atoms with Crippen LogP contribution in [-0.2, 0) is 6.54 Å². The molecule has 130 valence electrons. The Morgan fingerprint density at radius 1 is 1.38 bits per heavy atom. The number of nitrogens with zero attached hydrogens (tertiary/aromatic N) is 2. The van der Waals surface area contributed by atoms with E-state index in [9.17, 15) is 9.90 Å². The Hall–Kier alpha value is -3.10. The first kappa shape index (κ1) is 16.4.